The van der Waals surface area contributed by atoms with E-state index < -0.39 is 0 Å². The molecule has 0 radical (unpaired) electrons. The first-order valence-electron chi connectivity index (χ1n) is 10.2. The van der Waals surface area contributed by atoms with Gasteiger partial charge in [0.2, 0.25) is 0 Å². The maximum Gasteiger partial charge on any atom is 0.0571 e. The lowest BCUT2D eigenvalue weighted by Crippen LogP contribution is -2.48. The van der Waals surface area contributed by atoms with Crippen LogP contribution in [0.5, 0.6) is 0 Å². The molecule has 0 amide bonds. The molecule has 3 aliphatic rings. The first kappa shape index (κ1) is 17.7. The zero-order valence-corrected chi connectivity index (χ0v) is 15.4. The average Bonchev–Trinajstić information content (AvgIpc) is 2.56. The predicted octanol–water partition coefficient (Wildman–Crippen LogP) is 3.42. The Morgan fingerprint density at radius 1 is 1.00 bits per heavy atom. The highest BCUT2D eigenvalue weighted by Gasteiger charge is 2.38. The number of aliphatic hydroxyl groups is 1. The molecule has 0 aromatic carbocycles. The molecule has 1 aliphatic carbocycles. The smallest absolute Gasteiger partial charge is 0.0571 e. The van der Waals surface area contributed by atoms with E-state index in [2.05, 4.69) is 24.1 Å². The fourth-order valence-electron chi connectivity index (χ4n) is 5.38. The topological polar surface area (TPSA) is 35.5 Å². The van der Waals surface area contributed by atoms with Crippen molar-refractivity contribution in [3.05, 3.63) is 0 Å². The fraction of sp³-hybridized carbons (Fsp3) is 1.00. The SMILES string of the molecule is CC(C)C[C@@H](O)C1CCN(C2CCC3(CCNCC3)CC2)CC1. The molecule has 23 heavy (non-hydrogen) atoms. The first-order chi connectivity index (χ1) is 11.1. The first-order valence-corrected chi connectivity index (χ1v) is 10.2. The number of piperidine rings is 2. The van der Waals surface area contributed by atoms with Gasteiger partial charge in [0.15, 0.2) is 0 Å². The summed E-state index contributed by atoms with van der Waals surface area (Å²) in [6.45, 7) is 9.36. The molecule has 1 spiro atoms. The van der Waals surface area contributed by atoms with Crippen LogP contribution in [0, 0.1) is 17.3 Å². The van der Waals surface area contributed by atoms with Crippen LogP contribution in [-0.4, -0.2) is 48.3 Å². The van der Waals surface area contributed by atoms with Crippen molar-refractivity contribution in [2.24, 2.45) is 17.3 Å². The van der Waals surface area contributed by atoms with Crippen molar-refractivity contribution in [2.75, 3.05) is 26.2 Å². The second kappa shape index (κ2) is 7.84. The molecule has 134 valence electrons. The van der Waals surface area contributed by atoms with Gasteiger partial charge in [-0.2, -0.15) is 0 Å². The van der Waals surface area contributed by atoms with Crippen molar-refractivity contribution in [3.63, 3.8) is 0 Å². The van der Waals surface area contributed by atoms with Crippen LogP contribution < -0.4 is 5.32 Å². The van der Waals surface area contributed by atoms with E-state index in [1.54, 1.807) is 0 Å². The van der Waals surface area contributed by atoms with Crippen LogP contribution in [0.25, 0.3) is 0 Å². The van der Waals surface area contributed by atoms with Crippen LogP contribution in [0.1, 0.15) is 71.6 Å². The number of hydrogen-bond acceptors (Lipinski definition) is 3. The molecular formula is C20H38N2O. The Morgan fingerprint density at radius 3 is 2.17 bits per heavy atom. The molecule has 0 aromatic rings. The monoisotopic (exact) mass is 322 g/mol. The molecule has 2 saturated heterocycles. The molecule has 2 heterocycles. The van der Waals surface area contributed by atoms with Gasteiger partial charge in [-0.3, -0.25) is 0 Å². The minimum atomic E-state index is -0.0680. The molecule has 2 aliphatic heterocycles. The van der Waals surface area contributed by atoms with Gasteiger partial charge in [-0.25, -0.2) is 0 Å². The standard InChI is InChI=1S/C20H38N2O/c1-16(2)15-19(23)17-5-13-22(14-6-17)18-3-7-20(8-4-18)9-11-21-12-10-20/h16-19,21,23H,3-15H2,1-2H3/t19-/m1/s1. The number of aliphatic hydroxyl groups excluding tert-OH is 1. The van der Waals surface area contributed by atoms with Gasteiger partial charge in [-0.15, -0.1) is 0 Å². The summed E-state index contributed by atoms with van der Waals surface area (Å²) in [5.41, 5.74) is 0.688. The molecule has 3 fully saturated rings. The molecule has 2 N–H and O–H groups in total. The normalized spacial score (nSPS) is 29.2. The van der Waals surface area contributed by atoms with E-state index in [0.717, 1.165) is 12.5 Å². The molecule has 3 heteroatoms. The van der Waals surface area contributed by atoms with Crippen LogP contribution in [0.15, 0.2) is 0 Å². The fourth-order valence-corrected chi connectivity index (χ4v) is 5.38. The van der Waals surface area contributed by atoms with Gasteiger partial charge in [-0.1, -0.05) is 13.8 Å². The summed E-state index contributed by atoms with van der Waals surface area (Å²) in [5.74, 6) is 1.16. The maximum atomic E-state index is 10.4. The van der Waals surface area contributed by atoms with Gasteiger partial charge in [0, 0.05) is 6.04 Å². The molecule has 1 saturated carbocycles. The molecular weight excluding hydrogens is 284 g/mol. The van der Waals surface area contributed by atoms with Crippen LogP contribution in [0.4, 0.5) is 0 Å². The van der Waals surface area contributed by atoms with Crippen LogP contribution in [0.3, 0.4) is 0 Å². The van der Waals surface area contributed by atoms with E-state index in [1.807, 2.05) is 0 Å². The third-order valence-electron chi connectivity index (χ3n) is 7.03. The average molecular weight is 323 g/mol. The number of likely N-dealkylation sites (tertiary alicyclic amines) is 1. The largest absolute Gasteiger partial charge is 0.393 e. The van der Waals surface area contributed by atoms with E-state index in [9.17, 15) is 5.11 Å². The van der Waals surface area contributed by atoms with Crippen molar-refractivity contribution in [2.45, 2.75) is 83.8 Å². The maximum absolute atomic E-state index is 10.4. The summed E-state index contributed by atoms with van der Waals surface area (Å²) in [6, 6.07) is 0.832. The van der Waals surface area contributed by atoms with Crippen LogP contribution in [0.2, 0.25) is 0 Å². The van der Waals surface area contributed by atoms with Crippen molar-refractivity contribution >= 4 is 0 Å². The number of nitrogens with zero attached hydrogens (tertiary/aromatic N) is 1. The summed E-state index contributed by atoms with van der Waals surface area (Å²) < 4.78 is 0. The van der Waals surface area contributed by atoms with Crippen molar-refractivity contribution in [3.8, 4) is 0 Å². The van der Waals surface area contributed by atoms with Gasteiger partial charge in [0.1, 0.15) is 0 Å². The summed E-state index contributed by atoms with van der Waals surface area (Å²) in [4.78, 5) is 2.76. The number of nitrogens with one attached hydrogen (secondary N) is 1. The lowest BCUT2D eigenvalue weighted by Gasteiger charge is -2.47. The van der Waals surface area contributed by atoms with Crippen molar-refractivity contribution in [1.29, 1.82) is 0 Å². The summed E-state index contributed by atoms with van der Waals surface area (Å²) in [5, 5.41) is 13.9. The summed E-state index contributed by atoms with van der Waals surface area (Å²) in [7, 11) is 0. The van der Waals surface area contributed by atoms with Crippen molar-refractivity contribution in [1.82, 2.24) is 10.2 Å². The molecule has 0 aromatic heterocycles. The highest BCUT2D eigenvalue weighted by Crippen LogP contribution is 2.44. The molecule has 0 bridgehead atoms. The summed E-state index contributed by atoms with van der Waals surface area (Å²) in [6.07, 6.45) is 11.9. The van der Waals surface area contributed by atoms with E-state index >= 15 is 0 Å². The second-order valence-corrected chi connectivity index (χ2v) is 9.05. The Balaban J connectivity index is 1.42. The van der Waals surface area contributed by atoms with E-state index in [0.29, 0.717) is 17.3 Å². The Morgan fingerprint density at radius 2 is 1.61 bits per heavy atom. The van der Waals surface area contributed by atoms with Crippen LogP contribution in [-0.2, 0) is 0 Å². The zero-order chi connectivity index (χ0) is 16.3. The lowest BCUT2D eigenvalue weighted by atomic mass is 9.67. The van der Waals surface area contributed by atoms with E-state index in [-0.39, 0.29) is 6.10 Å². The lowest BCUT2D eigenvalue weighted by molar-refractivity contribution is 0.0126. The summed E-state index contributed by atoms with van der Waals surface area (Å²) >= 11 is 0. The minimum Gasteiger partial charge on any atom is -0.393 e. The molecule has 3 nitrogen and oxygen atoms in total. The third-order valence-corrected chi connectivity index (χ3v) is 7.03. The number of rotatable bonds is 4. The van der Waals surface area contributed by atoms with Gasteiger partial charge >= 0.3 is 0 Å². The van der Waals surface area contributed by atoms with Crippen LogP contribution >= 0.6 is 0 Å². The van der Waals surface area contributed by atoms with Crippen molar-refractivity contribution < 1.29 is 5.11 Å². The predicted molar refractivity (Wildman–Crippen MR) is 96.6 cm³/mol. The Kier molecular flexibility index (Phi) is 6.03. The van der Waals surface area contributed by atoms with Gasteiger partial charge < -0.3 is 15.3 Å². The van der Waals surface area contributed by atoms with E-state index in [1.165, 1.54) is 77.5 Å². The van der Waals surface area contributed by atoms with Gasteiger partial charge in [0.05, 0.1) is 6.10 Å². The Bertz CT molecular complexity index is 347. The molecule has 1 atom stereocenters. The van der Waals surface area contributed by atoms with E-state index in [4.69, 9.17) is 0 Å². The highest BCUT2D eigenvalue weighted by molar-refractivity contribution is 4.93. The Labute approximate surface area is 143 Å². The number of hydrogen-bond donors (Lipinski definition) is 2. The third kappa shape index (κ3) is 4.49. The molecule has 0 unspecified atom stereocenters. The zero-order valence-electron chi connectivity index (χ0n) is 15.4. The quantitative estimate of drug-likeness (QED) is 0.832. The Hall–Kier alpha value is -0.120. The highest BCUT2D eigenvalue weighted by atomic mass is 16.3. The minimum absolute atomic E-state index is 0.0680. The van der Waals surface area contributed by atoms with Gasteiger partial charge in [-0.05, 0) is 101 Å². The second-order valence-electron chi connectivity index (χ2n) is 9.05. The van der Waals surface area contributed by atoms with Gasteiger partial charge in [0.25, 0.3) is 0 Å². The molecule has 3 rings (SSSR count).